The Labute approximate surface area is 137 Å². The molecule has 0 saturated carbocycles. The molecule has 0 spiro atoms. The van der Waals surface area contributed by atoms with Gasteiger partial charge in [-0.2, -0.15) is 0 Å². The molecule has 6 heteroatoms. The lowest BCUT2D eigenvalue weighted by Gasteiger charge is -2.12. The number of methoxy groups -OCH3 is 1. The second-order valence-electron chi connectivity index (χ2n) is 4.98. The number of unbranched alkanes of at least 4 members (excludes halogenated alkanes) is 1. The molecule has 0 fully saturated rings. The van der Waals surface area contributed by atoms with Crippen LogP contribution in [0.25, 0.3) is 0 Å². The average Bonchev–Trinajstić information content (AvgIpc) is 2.56. The zero-order chi connectivity index (χ0) is 16.7. The Morgan fingerprint density at radius 3 is 2.39 bits per heavy atom. The Bertz CT molecular complexity index is 727. The first-order valence-corrected chi connectivity index (χ1v) is 8.94. The summed E-state index contributed by atoms with van der Waals surface area (Å²) >= 11 is 0. The number of para-hydroxylation sites is 2. The molecular weight excluding hydrogens is 314 g/mol. The second kappa shape index (κ2) is 7.87. The van der Waals surface area contributed by atoms with Gasteiger partial charge in [0.15, 0.2) is 0 Å². The van der Waals surface area contributed by atoms with E-state index in [0.717, 1.165) is 12.8 Å². The normalized spacial score (nSPS) is 11.0. The highest BCUT2D eigenvalue weighted by molar-refractivity contribution is 7.92. The maximum atomic E-state index is 12.4. The van der Waals surface area contributed by atoms with E-state index in [1.54, 1.807) is 36.4 Å². The number of hydrogen-bond donors (Lipinski definition) is 1. The van der Waals surface area contributed by atoms with E-state index in [1.165, 1.54) is 19.2 Å². The molecule has 0 heterocycles. The summed E-state index contributed by atoms with van der Waals surface area (Å²) in [5.41, 5.74) is 0.401. The van der Waals surface area contributed by atoms with Crippen LogP contribution in [0.15, 0.2) is 53.4 Å². The standard InChI is InChI=1S/C17H21NO4S/c1-3-4-13-22-14-9-11-15(12-10-14)23(19,20)18-16-7-5-6-8-17(16)21-2/h5-12,18H,3-4,13H2,1-2H3. The number of rotatable bonds is 8. The molecule has 2 aromatic rings. The summed E-state index contributed by atoms with van der Waals surface area (Å²) in [6.45, 7) is 2.71. The number of hydrogen-bond acceptors (Lipinski definition) is 4. The van der Waals surface area contributed by atoms with Gasteiger partial charge in [-0.1, -0.05) is 25.5 Å². The van der Waals surface area contributed by atoms with Gasteiger partial charge < -0.3 is 9.47 Å². The number of ether oxygens (including phenoxy) is 2. The third kappa shape index (κ3) is 4.63. The minimum absolute atomic E-state index is 0.172. The first-order chi connectivity index (χ1) is 11.1. The SMILES string of the molecule is CCCCOc1ccc(S(=O)(=O)Nc2ccccc2OC)cc1. The monoisotopic (exact) mass is 335 g/mol. The fraction of sp³-hybridized carbons (Fsp3) is 0.294. The Kier molecular flexibility index (Phi) is 5.87. The topological polar surface area (TPSA) is 64.6 Å². The van der Waals surface area contributed by atoms with Crippen LogP contribution in [-0.4, -0.2) is 22.1 Å². The van der Waals surface area contributed by atoms with Crippen LogP contribution in [0.1, 0.15) is 19.8 Å². The van der Waals surface area contributed by atoms with Crippen LogP contribution in [0.4, 0.5) is 5.69 Å². The van der Waals surface area contributed by atoms with Crippen molar-refractivity contribution in [1.29, 1.82) is 0 Å². The first-order valence-electron chi connectivity index (χ1n) is 7.45. The molecule has 124 valence electrons. The molecule has 0 aliphatic carbocycles. The van der Waals surface area contributed by atoms with Gasteiger partial charge in [-0.05, 0) is 42.8 Å². The molecule has 0 saturated heterocycles. The van der Waals surface area contributed by atoms with Crippen LogP contribution in [-0.2, 0) is 10.0 Å². The summed E-state index contributed by atoms with van der Waals surface area (Å²) in [6, 6.07) is 13.2. The van der Waals surface area contributed by atoms with Crippen LogP contribution in [0, 0.1) is 0 Å². The summed E-state index contributed by atoms with van der Waals surface area (Å²) in [6.07, 6.45) is 2.02. The lowest BCUT2D eigenvalue weighted by molar-refractivity contribution is 0.309. The van der Waals surface area contributed by atoms with Crippen molar-refractivity contribution in [3.05, 3.63) is 48.5 Å². The van der Waals surface area contributed by atoms with Crippen LogP contribution in [0.3, 0.4) is 0 Å². The number of benzene rings is 2. The van der Waals surface area contributed by atoms with Gasteiger partial charge >= 0.3 is 0 Å². The molecule has 0 bridgehead atoms. The number of sulfonamides is 1. The fourth-order valence-corrected chi connectivity index (χ4v) is 3.05. The summed E-state index contributed by atoms with van der Waals surface area (Å²) in [4.78, 5) is 0.172. The van der Waals surface area contributed by atoms with Gasteiger partial charge in [-0.25, -0.2) is 8.42 Å². The minimum Gasteiger partial charge on any atom is -0.495 e. The van der Waals surface area contributed by atoms with Crippen LogP contribution < -0.4 is 14.2 Å². The van der Waals surface area contributed by atoms with E-state index in [1.807, 2.05) is 0 Å². The van der Waals surface area contributed by atoms with Gasteiger partial charge in [0.1, 0.15) is 11.5 Å². The van der Waals surface area contributed by atoms with Gasteiger partial charge in [0.2, 0.25) is 0 Å². The van der Waals surface area contributed by atoms with E-state index in [0.29, 0.717) is 23.8 Å². The van der Waals surface area contributed by atoms with Crippen molar-refractivity contribution in [2.24, 2.45) is 0 Å². The highest BCUT2D eigenvalue weighted by Gasteiger charge is 2.16. The molecule has 2 rings (SSSR count). The van der Waals surface area contributed by atoms with Gasteiger partial charge in [0.05, 0.1) is 24.3 Å². The molecule has 0 amide bonds. The quantitative estimate of drug-likeness (QED) is 0.748. The van der Waals surface area contributed by atoms with Crippen molar-refractivity contribution in [2.45, 2.75) is 24.7 Å². The second-order valence-corrected chi connectivity index (χ2v) is 6.66. The highest BCUT2D eigenvalue weighted by Crippen LogP contribution is 2.26. The molecule has 23 heavy (non-hydrogen) atoms. The Morgan fingerprint density at radius 1 is 1.04 bits per heavy atom. The van der Waals surface area contributed by atoms with Crippen LogP contribution >= 0.6 is 0 Å². The molecule has 5 nitrogen and oxygen atoms in total. The average molecular weight is 335 g/mol. The van der Waals surface area contributed by atoms with Gasteiger partial charge in [-0.15, -0.1) is 0 Å². The van der Waals surface area contributed by atoms with E-state index < -0.39 is 10.0 Å². The number of nitrogens with one attached hydrogen (secondary N) is 1. The van der Waals surface area contributed by atoms with Crippen molar-refractivity contribution in [2.75, 3.05) is 18.4 Å². The maximum absolute atomic E-state index is 12.4. The van der Waals surface area contributed by atoms with E-state index in [9.17, 15) is 8.42 Å². The summed E-state index contributed by atoms with van der Waals surface area (Å²) in [7, 11) is -2.18. The maximum Gasteiger partial charge on any atom is 0.262 e. The van der Waals surface area contributed by atoms with Crippen molar-refractivity contribution in [3.8, 4) is 11.5 Å². The van der Waals surface area contributed by atoms with Crippen molar-refractivity contribution >= 4 is 15.7 Å². The Morgan fingerprint density at radius 2 is 1.74 bits per heavy atom. The lowest BCUT2D eigenvalue weighted by Crippen LogP contribution is -2.13. The van der Waals surface area contributed by atoms with E-state index >= 15 is 0 Å². The zero-order valence-corrected chi connectivity index (χ0v) is 14.1. The van der Waals surface area contributed by atoms with Gasteiger partial charge in [0.25, 0.3) is 10.0 Å². The molecule has 0 unspecified atom stereocenters. The minimum atomic E-state index is -3.67. The molecule has 1 N–H and O–H groups in total. The van der Waals surface area contributed by atoms with Crippen LogP contribution in [0.5, 0.6) is 11.5 Å². The van der Waals surface area contributed by atoms with Gasteiger partial charge in [-0.3, -0.25) is 4.72 Å². The molecule has 0 aromatic heterocycles. The lowest BCUT2D eigenvalue weighted by atomic mass is 10.3. The smallest absolute Gasteiger partial charge is 0.262 e. The predicted molar refractivity (Wildman–Crippen MR) is 90.6 cm³/mol. The Hall–Kier alpha value is -2.21. The third-order valence-electron chi connectivity index (χ3n) is 3.25. The van der Waals surface area contributed by atoms with E-state index in [2.05, 4.69) is 11.6 Å². The predicted octanol–water partition coefficient (Wildman–Crippen LogP) is 3.67. The third-order valence-corrected chi connectivity index (χ3v) is 4.63. The zero-order valence-electron chi connectivity index (χ0n) is 13.3. The van der Waals surface area contributed by atoms with E-state index in [4.69, 9.17) is 9.47 Å². The molecule has 0 aliphatic heterocycles. The summed E-state index contributed by atoms with van der Waals surface area (Å²) in [5.74, 6) is 1.13. The molecule has 0 aliphatic rings. The largest absolute Gasteiger partial charge is 0.495 e. The van der Waals surface area contributed by atoms with Crippen molar-refractivity contribution in [1.82, 2.24) is 0 Å². The summed E-state index contributed by atoms with van der Waals surface area (Å²) in [5, 5.41) is 0. The summed E-state index contributed by atoms with van der Waals surface area (Å²) < 4.78 is 38.1. The number of anilines is 1. The van der Waals surface area contributed by atoms with Crippen molar-refractivity contribution < 1.29 is 17.9 Å². The van der Waals surface area contributed by atoms with Gasteiger partial charge in [0, 0.05) is 0 Å². The van der Waals surface area contributed by atoms with Crippen LogP contribution in [0.2, 0.25) is 0 Å². The van der Waals surface area contributed by atoms with E-state index in [-0.39, 0.29) is 4.90 Å². The first kappa shape index (κ1) is 17.1. The molecule has 0 atom stereocenters. The fourth-order valence-electron chi connectivity index (χ4n) is 1.98. The molecular formula is C17H21NO4S. The molecule has 0 radical (unpaired) electrons. The Balaban J connectivity index is 2.13. The molecule has 2 aromatic carbocycles. The highest BCUT2D eigenvalue weighted by atomic mass is 32.2. The van der Waals surface area contributed by atoms with Crippen molar-refractivity contribution in [3.63, 3.8) is 0 Å².